The smallest absolute Gasteiger partial charge is 0.333 e. The Balaban J connectivity index is 1.67. The number of anilines is 1. The molecule has 35 heavy (non-hydrogen) atoms. The van der Waals surface area contributed by atoms with Gasteiger partial charge in [0.2, 0.25) is 0 Å². The van der Waals surface area contributed by atoms with Crippen molar-refractivity contribution >= 4 is 22.8 Å². The van der Waals surface area contributed by atoms with Crippen molar-refractivity contribution in [3.63, 3.8) is 0 Å². The van der Waals surface area contributed by atoms with Gasteiger partial charge in [-0.25, -0.2) is 14.8 Å². The van der Waals surface area contributed by atoms with Gasteiger partial charge in [-0.15, -0.1) is 0 Å². The molecule has 1 unspecified atom stereocenters. The summed E-state index contributed by atoms with van der Waals surface area (Å²) in [5, 5.41) is 0. The zero-order valence-corrected chi connectivity index (χ0v) is 21.3. The van der Waals surface area contributed by atoms with Gasteiger partial charge in [-0.2, -0.15) is 0 Å². The lowest BCUT2D eigenvalue weighted by Gasteiger charge is -2.32. The van der Waals surface area contributed by atoms with E-state index in [1.54, 1.807) is 0 Å². The molecule has 0 radical (unpaired) electrons. The Morgan fingerprint density at radius 1 is 1.03 bits per heavy atom. The van der Waals surface area contributed by atoms with Crippen molar-refractivity contribution < 1.29 is 9.53 Å². The van der Waals surface area contributed by atoms with E-state index in [1.807, 2.05) is 37.3 Å². The average molecular weight is 471 g/mol. The SMILES string of the molecule is CCCN(c1ccc(Cn2c(CC)nc3c(C)cc(C)nc32)cc1)C(C(=O)OC)c1ccccc1. The average Bonchev–Trinajstić information content (AvgIpc) is 3.22. The Morgan fingerprint density at radius 2 is 1.74 bits per heavy atom. The molecule has 2 heterocycles. The Kier molecular flexibility index (Phi) is 7.49. The van der Waals surface area contributed by atoms with Crippen LogP contribution in [0, 0.1) is 13.8 Å². The molecule has 182 valence electrons. The number of imidazole rings is 1. The topological polar surface area (TPSA) is 60.2 Å². The van der Waals surface area contributed by atoms with Gasteiger partial charge in [-0.3, -0.25) is 0 Å². The molecule has 0 aliphatic heterocycles. The highest BCUT2D eigenvalue weighted by atomic mass is 16.5. The molecule has 1 atom stereocenters. The molecule has 0 aliphatic carbocycles. The minimum Gasteiger partial charge on any atom is -0.467 e. The summed E-state index contributed by atoms with van der Waals surface area (Å²) < 4.78 is 7.41. The summed E-state index contributed by atoms with van der Waals surface area (Å²) in [7, 11) is 1.45. The maximum absolute atomic E-state index is 12.8. The van der Waals surface area contributed by atoms with Gasteiger partial charge in [0.15, 0.2) is 11.7 Å². The molecule has 2 aromatic carbocycles. The predicted molar refractivity (Wildman–Crippen MR) is 141 cm³/mol. The van der Waals surface area contributed by atoms with Gasteiger partial charge in [0, 0.05) is 24.3 Å². The highest BCUT2D eigenvalue weighted by molar-refractivity contribution is 5.82. The Labute approximate surface area is 207 Å². The largest absolute Gasteiger partial charge is 0.467 e. The molecule has 0 bridgehead atoms. The number of hydrogen-bond acceptors (Lipinski definition) is 5. The molecule has 2 aromatic heterocycles. The van der Waals surface area contributed by atoms with Crippen molar-refractivity contribution in [1.29, 1.82) is 0 Å². The van der Waals surface area contributed by atoms with Gasteiger partial charge in [-0.1, -0.05) is 56.3 Å². The van der Waals surface area contributed by atoms with E-state index in [1.165, 1.54) is 7.11 Å². The van der Waals surface area contributed by atoms with Gasteiger partial charge in [0.1, 0.15) is 11.3 Å². The molecule has 0 saturated carbocycles. The molecular weight excluding hydrogens is 436 g/mol. The van der Waals surface area contributed by atoms with Crippen LogP contribution in [0.5, 0.6) is 0 Å². The Hall–Kier alpha value is -3.67. The van der Waals surface area contributed by atoms with Crippen molar-refractivity contribution in [1.82, 2.24) is 14.5 Å². The number of rotatable bonds is 9. The first-order chi connectivity index (χ1) is 17.0. The third-order valence-corrected chi connectivity index (χ3v) is 6.34. The second-order valence-electron chi connectivity index (χ2n) is 8.92. The number of esters is 1. The van der Waals surface area contributed by atoms with Crippen molar-refractivity contribution in [3.8, 4) is 0 Å². The summed E-state index contributed by atoms with van der Waals surface area (Å²) in [4.78, 5) is 24.6. The van der Waals surface area contributed by atoms with Crippen LogP contribution in [0.15, 0.2) is 60.7 Å². The normalized spacial score (nSPS) is 12.0. The van der Waals surface area contributed by atoms with Crippen LogP contribution in [0.2, 0.25) is 0 Å². The van der Waals surface area contributed by atoms with E-state index in [2.05, 4.69) is 60.6 Å². The maximum Gasteiger partial charge on any atom is 0.333 e. The van der Waals surface area contributed by atoms with Crippen LogP contribution < -0.4 is 4.90 Å². The van der Waals surface area contributed by atoms with E-state index in [-0.39, 0.29) is 5.97 Å². The van der Waals surface area contributed by atoms with Crippen LogP contribution in [0.4, 0.5) is 5.69 Å². The fraction of sp³-hybridized carbons (Fsp3) is 0.345. The molecule has 0 saturated heterocycles. The lowest BCUT2D eigenvalue weighted by molar-refractivity contribution is -0.142. The van der Waals surface area contributed by atoms with Crippen molar-refractivity contribution in [3.05, 3.63) is 88.9 Å². The van der Waals surface area contributed by atoms with Gasteiger partial charge < -0.3 is 14.2 Å². The fourth-order valence-electron chi connectivity index (χ4n) is 4.70. The van der Waals surface area contributed by atoms with E-state index in [4.69, 9.17) is 14.7 Å². The van der Waals surface area contributed by atoms with E-state index in [0.29, 0.717) is 6.54 Å². The summed E-state index contributed by atoms with van der Waals surface area (Å²) in [5.41, 5.74) is 7.14. The number of pyridine rings is 1. The number of methoxy groups -OCH3 is 1. The van der Waals surface area contributed by atoms with Gasteiger partial charge >= 0.3 is 5.97 Å². The van der Waals surface area contributed by atoms with Crippen LogP contribution in [0.1, 0.15) is 54.5 Å². The van der Waals surface area contributed by atoms with E-state index < -0.39 is 6.04 Å². The molecule has 0 amide bonds. The zero-order chi connectivity index (χ0) is 24.9. The van der Waals surface area contributed by atoms with Crippen molar-refractivity contribution in [2.75, 3.05) is 18.6 Å². The number of fused-ring (bicyclic) bond motifs is 1. The van der Waals surface area contributed by atoms with Crippen molar-refractivity contribution in [2.24, 2.45) is 0 Å². The second-order valence-corrected chi connectivity index (χ2v) is 8.92. The van der Waals surface area contributed by atoms with Crippen LogP contribution in [-0.4, -0.2) is 34.2 Å². The number of carbonyl (C=O) groups is 1. The molecule has 6 heteroatoms. The lowest BCUT2D eigenvalue weighted by atomic mass is 10.0. The highest BCUT2D eigenvalue weighted by Gasteiger charge is 2.28. The highest BCUT2D eigenvalue weighted by Crippen LogP contribution is 2.29. The summed E-state index contributed by atoms with van der Waals surface area (Å²) in [5.74, 6) is 0.774. The third-order valence-electron chi connectivity index (χ3n) is 6.34. The summed E-state index contributed by atoms with van der Waals surface area (Å²) >= 11 is 0. The third kappa shape index (κ3) is 5.06. The summed E-state index contributed by atoms with van der Waals surface area (Å²) in [6.07, 6.45) is 1.75. The number of nitrogens with zero attached hydrogens (tertiary/aromatic N) is 4. The number of aromatic nitrogens is 3. The van der Waals surface area contributed by atoms with Crippen molar-refractivity contribution in [2.45, 2.75) is 53.1 Å². The molecule has 0 spiro atoms. The fourth-order valence-corrected chi connectivity index (χ4v) is 4.70. The van der Waals surface area contributed by atoms with Crippen LogP contribution >= 0.6 is 0 Å². The molecule has 0 aliphatic rings. The standard InChI is InChI=1S/C29H34N4O2/c1-6-17-32(27(29(34)35-5)23-11-9-8-10-12-23)24-15-13-22(14-16-24)19-33-25(7-2)31-26-20(3)18-21(4)30-28(26)33/h8-16,18,27H,6-7,17,19H2,1-5H3. The second kappa shape index (κ2) is 10.7. The lowest BCUT2D eigenvalue weighted by Crippen LogP contribution is -2.35. The molecule has 0 N–H and O–H groups in total. The number of benzene rings is 2. The minimum atomic E-state index is -0.494. The maximum atomic E-state index is 12.8. The molecular formula is C29H34N4O2. The summed E-state index contributed by atoms with van der Waals surface area (Å²) in [6.45, 7) is 9.80. The van der Waals surface area contributed by atoms with E-state index in [9.17, 15) is 4.79 Å². The molecule has 4 aromatic rings. The van der Waals surface area contributed by atoms with E-state index >= 15 is 0 Å². The first-order valence-electron chi connectivity index (χ1n) is 12.3. The molecule has 6 nitrogen and oxygen atoms in total. The van der Waals surface area contributed by atoms with Crippen LogP contribution in [0.25, 0.3) is 11.2 Å². The molecule has 0 fully saturated rings. The summed E-state index contributed by atoms with van der Waals surface area (Å²) in [6, 6.07) is 19.9. The number of carbonyl (C=O) groups excluding carboxylic acids is 1. The minimum absolute atomic E-state index is 0.261. The zero-order valence-electron chi connectivity index (χ0n) is 21.3. The van der Waals surface area contributed by atoms with Crippen LogP contribution in [-0.2, 0) is 22.5 Å². The monoisotopic (exact) mass is 470 g/mol. The number of aryl methyl sites for hydroxylation is 3. The number of ether oxygens (including phenoxy) is 1. The Bertz CT molecular complexity index is 1300. The quantitative estimate of drug-likeness (QED) is 0.290. The Morgan fingerprint density at radius 3 is 2.37 bits per heavy atom. The van der Waals surface area contributed by atoms with E-state index in [0.717, 1.165) is 64.4 Å². The predicted octanol–water partition coefficient (Wildman–Crippen LogP) is 5.79. The van der Waals surface area contributed by atoms with Gasteiger partial charge in [-0.05, 0) is 55.2 Å². The first kappa shape index (κ1) is 24.5. The first-order valence-corrected chi connectivity index (χ1v) is 12.3. The number of hydrogen-bond donors (Lipinski definition) is 0. The van der Waals surface area contributed by atoms with Gasteiger partial charge in [0.25, 0.3) is 0 Å². The molecule has 4 rings (SSSR count). The van der Waals surface area contributed by atoms with Crippen LogP contribution in [0.3, 0.4) is 0 Å². The van der Waals surface area contributed by atoms with Gasteiger partial charge in [0.05, 0.1) is 13.7 Å².